The van der Waals surface area contributed by atoms with Gasteiger partial charge in [0.2, 0.25) is 11.8 Å². The Hall–Kier alpha value is -2.70. The topological polar surface area (TPSA) is 78.0 Å². The van der Waals surface area contributed by atoms with Crippen molar-refractivity contribution in [2.45, 2.75) is 38.5 Å². The summed E-state index contributed by atoms with van der Waals surface area (Å²) >= 11 is 0. The first kappa shape index (κ1) is 19.6. The van der Waals surface area contributed by atoms with Crippen LogP contribution in [-0.4, -0.2) is 71.1 Å². The van der Waals surface area contributed by atoms with Gasteiger partial charge in [0.25, 0.3) is 11.8 Å². The Morgan fingerprint density at radius 1 is 0.862 bits per heavy atom. The predicted octanol–water partition coefficient (Wildman–Crippen LogP) is 1.92. The number of fused-ring (bicyclic) bond motifs is 1. The normalized spacial score (nSPS) is 19.8. The van der Waals surface area contributed by atoms with Crippen LogP contribution in [0.5, 0.6) is 0 Å². The Balaban J connectivity index is 1.22. The zero-order chi connectivity index (χ0) is 20.4. The number of nitrogens with zero attached hydrogens (tertiary/aromatic N) is 3. The molecule has 2 fully saturated rings. The molecule has 4 rings (SSSR count). The average molecular weight is 397 g/mol. The second-order valence-electron chi connectivity index (χ2n) is 8.10. The van der Waals surface area contributed by atoms with Gasteiger partial charge in [0.1, 0.15) is 0 Å². The summed E-state index contributed by atoms with van der Waals surface area (Å²) in [6.07, 6.45) is 5.02. The summed E-state index contributed by atoms with van der Waals surface area (Å²) in [5.74, 6) is -0.110. The molecule has 0 bridgehead atoms. The van der Waals surface area contributed by atoms with E-state index in [4.69, 9.17) is 0 Å². The summed E-state index contributed by atoms with van der Waals surface area (Å²) in [4.78, 5) is 54.7. The van der Waals surface area contributed by atoms with Gasteiger partial charge in [0.15, 0.2) is 0 Å². The third kappa shape index (κ3) is 3.91. The van der Waals surface area contributed by atoms with E-state index in [9.17, 15) is 19.2 Å². The second kappa shape index (κ2) is 8.35. The number of benzene rings is 1. The summed E-state index contributed by atoms with van der Waals surface area (Å²) in [5, 5.41) is 0. The van der Waals surface area contributed by atoms with Crippen molar-refractivity contribution in [1.29, 1.82) is 0 Å². The zero-order valence-electron chi connectivity index (χ0n) is 16.6. The quantitative estimate of drug-likeness (QED) is 0.712. The molecule has 7 heteroatoms. The van der Waals surface area contributed by atoms with Crippen LogP contribution in [-0.2, 0) is 9.59 Å². The average Bonchev–Trinajstić information content (AvgIpc) is 3.37. The minimum Gasteiger partial charge on any atom is -0.339 e. The molecule has 2 aliphatic heterocycles. The highest BCUT2D eigenvalue weighted by Crippen LogP contribution is 2.27. The highest BCUT2D eigenvalue weighted by atomic mass is 16.2. The van der Waals surface area contributed by atoms with E-state index in [1.165, 1.54) is 4.90 Å². The molecule has 1 aromatic rings. The second-order valence-corrected chi connectivity index (χ2v) is 8.10. The van der Waals surface area contributed by atoms with Gasteiger partial charge in [-0.15, -0.1) is 0 Å². The fourth-order valence-electron chi connectivity index (χ4n) is 4.60. The van der Waals surface area contributed by atoms with Crippen molar-refractivity contribution < 1.29 is 19.2 Å². The molecule has 0 radical (unpaired) electrons. The van der Waals surface area contributed by atoms with Gasteiger partial charge in [-0.1, -0.05) is 25.0 Å². The van der Waals surface area contributed by atoms with Gasteiger partial charge in [0.05, 0.1) is 11.1 Å². The minimum atomic E-state index is -0.280. The van der Waals surface area contributed by atoms with Gasteiger partial charge in [-0.05, 0) is 31.4 Å². The van der Waals surface area contributed by atoms with Crippen molar-refractivity contribution in [2.24, 2.45) is 5.92 Å². The number of amides is 4. The van der Waals surface area contributed by atoms with Crippen molar-refractivity contribution in [3.8, 4) is 0 Å². The Morgan fingerprint density at radius 2 is 1.41 bits per heavy atom. The van der Waals surface area contributed by atoms with Crippen LogP contribution in [0.4, 0.5) is 0 Å². The maximum absolute atomic E-state index is 12.5. The van der Waals surface area contributed by atoms with E-state index in [-0.39, 0.29) is 36.1 Å². The number of carbonyl (C=O) groups excluding carboxylic acids is 4. The first-order chi connectivity index (χ1) is 14.1. The number of rotatable bonds is 5. The van der Waals surface area contributed by atoms with Gasteiger partial charge in [-0.3, -0.25) is 24.1 Å². The first-order valence-corrected chi connectivity index (χ1v) is 10.6. The molecule has 1 saturated heterocycles. The molecule has 7 nitrogen and oxygen atoms in total. The monoisotopic (exact) mass is 397 g/mol. The molecule has 4 amide bonds. The lowest BCUT2D eigenvalue weighted by Crippen LogP contribution is -2.51. The summed E-state index contributed by atoms with van der Waals surface area (Å²) in [6.45, 7) is 2.56. The van der Waals surface area contributed by atoms with Crippen LogP contribution in [0.1, 0.15) is 59.2 Å². The van der Waals surface area contributed by atoms with E-state index in [2.05, 4.69) is 0 Å². The van der Waals surface area contributed by atoms with Crippen molar-refractivity contribution in [3.63, 3.8) is 0 Å². The van der Waals surface area contributed by atoms with Crippen molar-refractivity contribution in [1.82, 2.24) is 14.7 Å². The van der Waals surface area contributed by atoms with Crippen LogP contribution >= 0.6 is 0 Å². The first-order valence-electron chi connectivity index (χ1n) is 10.6. The Kier molecular flexibility index (Phi) is 5.65. The van der Waals surface area contributed by atoms with Crippen LogP contribution in [0, 0.1) is 5.92 Å². The molecule has 1 aliphatic carbocycles. The maximum Gasteiger partial charge on any atom is 0.261 e. The predicted molar refractivity (Wildman–Crippen MR) is 106 cm³/mol. The van der Waals surface area contributed by atoms with Crippen LogP contribution < -0.4 is 0 Å². The molecule has 2 heterocycles. The Morgan fingerprint density at radius 3 is 2.00 bits per heavy atom. The number of piperazine rings is 1. The van der Waals surface area contributed by atoms with Crippen molar-refractivity contribution in [3.05, 3.63) is 35.4 Å². The van der Waals surface area contributed by atoms with Gasteiger partial charge < -0.3 is 9.80 Å². The van der Waals surface area contributed by atoms with E-state index in [1.807, 2.05) is 4.90 Å². The Labute approximate surface area is 170 Å². The maximum atomic E-state index is 12.5. The third-order valence-electron chi connectivity index (χ3n) is 6.30. The van der Waals surface area contributed by atoms with Crippen molar-refractivity contribution >= 4 is 23.6 Å². The molecule has 0 atom stereocenters. The number of hydrogen-bond donors (Lipinski definition) is 0. The van der Waals surface area contributed by atoms with E-state index in [1.54, 1.807) is 29.2 Å². The van der Waals surface area contributed by atoms with Gasteiger partial charge in [-0.2, -0.15) is 0 Å². The number of hydrogen-bond acceptors (Lipinski definition) is 4. The van der Waals surface area contributed by atoms with E-state index >= 15 is 0 Å². The van der Waals surface area contributed by atoms with Gasteiger partial charge in [-0.25, -0.2) is 0 Å². The van der Waals surface area contributed by atoms with Gasteiger partial charge >= 0.3 is 0 Å². The number of carbonyl (C=O) groups is 4. The molecular weight excluding hydrogens is 370 g/mol. The Bertz CT molecular complexity index is 788. The van der Waals surface area contributed by atoms with Crippen molar-refractivity contribution in [2.75, 3.05) is 32.7 Å². The van der Waals surface area contributed by atoms with E-state index in [0.29, 0.717) is 50.1 Å². The largest absolute Gasteiger partial charge is 0.339 e. The van der Waals surface area contributed by atoms with Crippen LogP contribution in [0.25, 0.3) is 0 Å². The third-order valence-corrected chi connectivity index (χ3v) is 6.30. The molecule has 3 aliphatic rings. The molecule has 29 heavy (non-hydrogen) atoms. The highest BCUT2D eigenvalue weighted by molar-refractivity contribution is 6.21. The summed E-state index contributed by atoms with van der Waals surface area (Å²) in [5.41, 5.74) is 0.874. The summed E-state index contributed by atoms with van der Waals surface area (Å²) in [7, 11) is 0. The SMILES string of the molecule is O=C(CCCN1C(=O)c2ccccc2C1=O)N1CCN(C(=O)C2CCCC2)CC1. The van der Waals surface area contributed by atoms with E-state index in [0.717, 1.165) is 25.7 Å². The zero-order valence-corrected chi connectivity index (χ0v) is 16.6. The molecule has 0 unspecified atom stereocenters. The molecule has 0 N–H and O–H groups in total. The summed E-state index contributed by atoms with van der Waals surface area (Å²) in [6, 6.07) is 6.81. The molecule has 0 aromatic heterocycles. The molecular formula is C22H27N3O4. The molecule has 0 spiro atoms. The van der Waals surface area contributed by atoms with E-state index < -0.39 is 0 Å². The summed E-state index contributed by atoms with van der Waals surface area (Å²) < 4.78 is 0. The van der Waals surface area contributed by atoms with Gasteiger partial charge in [0, 0.05) is 45.1 Å². The van der Waals surface area contributed by atoms with Crippen LogP contribution in [0.2, 0.25) is 0 Å². The molecule has 154 valence electrons. The van der Waals surface area contributed by atoms with Crippen LogP contribution in [0.3, 0.4) is 0 Å². The van der Waals surface area contributed by atoms with Crippen LogP contribution in [0.15, 0.2) is 24.3 Å². The smallest absolute Gasteiger partial charge is 0.261 e. The lowest BCUT2D eigenvalue weighted by molar-refractivity contribution is -0.142. The minimum absolute atomic E-state index is 0.0228. The standard InChI is InChI=1S/C22H27N3O4/c26-19(23-12-14-24(15-13-23)20(27)16-6-1-2-7-16)10-5-11-25-21(28)17-8-3-4-9-18(17)22(25)29/h3-4,8-9,16H,1-2,5-7,10-15H2. The highest BCUT2D eigenvalue weighted by Gasteiger charge is 2.35. The molecule has 1 aromatic carbocycles. The number of imide groups is 1. The fourth-order valence-corrected chi connectivity index (χ4v) is 4.60. The fraction of sp³-hybridized carbons (Fsp3) is 0.545. The lowest BCUT2D eigenvalue weighted by atomic mass is 10.1. The molecule has 1 saturated carbocycles. The lowest BCUT2D eigenvalue weighted by Gasteiger charge is -2.36.